The molecule has 0 aliphatic heterocycles. The van der Waals surface area contributed by atoms with Crippen LogP contribution in [0.2, 0.25) is 0 Å². The number of aryl methyl sites for hydroxylation is 2. The fourth-order valence-electron chi connectivity index (χ4n) is 4.48. The summed E-state index contributed by atoms with van der Waals surface area (Å²) in [6.45, 7) is 11.1. The number of methoxy groups -OCH3 is 1. The summed E-state index contributed by atoms with van der Waals surface area (Å²) < 4.78 is 10.7. The maximum absolute atomic E-state index is 14.3. The van der Waals surface area contributed by atoms with Crippen molar-refractivity contribution < 1.29 is 29.0 Å². The summed E-state index contributed by atoms with van der Waals surface area (Å²) >= 11 is 0. The van der Waals surface area contributed by atoms with E-state index in [2.05, 4.69) is 10.6 Å². The number of amides is 3. The van der Waals surface area contributed by atoms with Crippen molar-refractivity contribution in [2.24, 2.45) is 0 Å². The van der Waals surface area contributed by atoms with Crippen LogP contribution in [0, 0.1) is 13.8 Å². The summed E-state index contributed by atoms with van der Waals surface area (Å²) in [5.41, 5.74) is 3.15. The van der Waals surface area contributed by atoms with Crippen LogP contribution in [0.3, 0.4) is 0 Å². The number of benzene rings is 3. The van der Waals surface area contributed by atoms with Crippen LogP contribution < -0.4 is 15.4 Å². The first-order valence-electron chi connectivity index (χ1n) is 13.9. The second-order valence-electron chi connectivity index (χ2n) is 11.2. The Hall–Kier alpha value is -4.53. The number of ether oxygens (including phenoxy) is 2. The molecule has 3 N–H and O–H groups in total. The van der Waals surface area contributed by atoms with Gasteiger partial charge in [-0.15, -0.1) is 0 Å². The van der Waals surface area contributed by atoms with Crippen molar-refractivity contribution >= 4 is 23.6 Å². The Bertz CT molecular complexity index is 1380. The molecule has 3 amide bonds. The lowest BCUT2D eigenvalue weighted by molar-refractivity contribution is -0.140. The van der Waals surface area contributed by atoms with E-state index in [9.17, 15) is 19.5 Å². The number of hydrogen-bond donors (Lipinski definition) is 3. The molecule has 0 aliphatic carbocycles. The number of anilines is 1. The molecule has 0 radical (unpaired) electrons. The Balaban J connectivity index is 2.02. The first-order valence-corrected chi connectivity index (χ1v) is 13.9. The largest absolute Gasteiger partial charge is 0.508 e. The van der Waals surface area contributed by atoms with Crippen LogP contribution in [-0.2, 0) is 20.7 Å². The van der Waals surface area contributed by atoms with Crippen LogP contribution in [0.5, 0.6) is 11.5 Å². The molecule has 0 aromatic heterocycles. The smallest absolute Gasteiger partial charge is 0.408 e. The zero-order valence-corrected chi connectivity index (χ0v) is 25.4. The summed E-state index contributed by atoms with van der Waals surface area (Å²) in [4.78, 5) is 42.5. The summed E-state index contributed by atoms with van der Waals surface area (Å²) in [5, 5.41) is 15.4. The van der Waals surface area contributed by atoms with Crippen LogP contribution >= 0.6 is 0 Å². The molecule has 224 valence electrons. The van der Waals surface area contributed by atoms with E-state index in [0.717, 1.165) is 11.1 Å². The minimum Gasteiger partial charge on any atom is -0.508 e. The zero-order valence-electron chi connectivity index (χ0n) is 25.4. The third-order valence-electron chi connectivity index (χ3n) is 6.75. The first-order chi connectivity index (χ1) is 19.8. The Morgan fingerprint density at radius 3 is 2.12 bits per heavy atom. The summed E-state index contributed by atoms with van der Waals surface area (Å²) in [7, 11) is 1.56. The highest BCUT2D eigenvalue weighted by molar-refractivity contribution is 5.99. The van der Waals surface area contributed by atoms with Gasteiger partial charge in [0.05, 0.1) is 7.11 Å². The fourth-order valence-corrected chi connectivity index (χ4v) is 4.48. The van der Waals surface area contributed by atoms with Crippen molar-refractivity contribution in [3.63, 3.8) is 0 Å². The van der Waals surface area contributed by atoms with Crippen LogP contribution in [0.4, 0.5) is 10.5 Å². The molecule has 3 rings (SSSR count). The van der Waals surface area contributed by atoms with Gasteiger partial charge in [-0.05, 0) is 100 Å². The number of rotatable bonds is 10. The highest BCUT2D eigenvalue weighted by Gasteiger charge is 2.36. The van der Waals surface area contributed by atoms with Gasteiger partial charge in [0, 0.05) is 18.7 Å². The number of likely N-dealkylation sites (N-methyl/N-ethyl adjacent to an activating group) is 1. The topological polar surface area (TPSA) is 117 Å². The molecule has 2 unspecified atom stereocenters. The monoisotopic (exact) mass is 575 g/mol. The van der Waals surface area contributed by atoms with Gasteiger partial charge in [0.15, 0.2) is 0 Å². The van der Waals surface area contributed by atoms with E-state index in [0.29, 0.717) is 22.6 Å². The minimum atomic E-state index is -1.05. The molecule has 3 aromatic rings. The molecule has 0 fully saturated rings. The molecule has 3 aromatic carbocycles. The van der Waals surface area contributed by atoms with Crippen molar-refractivity contribution in [1.82, 2.24) is 10.2 Å². The number of nitrogens with zero attached hydrogens (tertiary/aromatic N) is 1. The number of hydrogen-bond acceptors (Lipinski definition) is 6. The summed E-state index contributed by atoms with van der Waals surface area (Å²) in [5.74, 6) is -0.125. The minimum absolute atomic E-state index is 0.0851. The van der Waals surface area contributed by atoms with E-state index in [1.165, 1.54) is 17.0 Å². The molecule has 0 spiro atoms. The number of phenolic OH excluding ortho intramolecular Hbond substituents is 1. The van der Waals surface area contributed by atoms with E-state index in [1.54, 1.807) is 71.2 Å². The maximum Gasteiger partial charge on any atom is 0.408 e. The molecule has 9 nitrogen and oxygen atoms in total. The van der Waals surface area contributed by atoms with Crippen molar-refractivity contribution in [2.75, 3.05) is 19.0 Å². The predicted molar refractivity (Wildman–Crippen MR) is 163 cm³/mol. The normalized spacial score (nSPS) is 12.5. The molecule has 0 aliphatic rings. The van der Waals surface area contributed by atoms with Gasteiger partial charge in [0.1, 0.15) is 29.2 Å². The van der Waals surface area contributed by atoms with Gasteiger partial charge in [-0.3, -0.25) is 9.59 Å². The Labute approximate surface area is 247 Å². The quantitative estimate of drug-likeness (QED) is 0.286. The number of alkyl carbamates (subject to hydrolysis) is 1. The highest BCUT2D eigenvalue weighted by atomic mass is 16.6. The molecule has 9 heteroatoms. The van der Waals surface area contributed by atoms with Gasteiger partial charge in [0.25, 0.3) is 5.91 Å². The van der Waals surface area contributed by atoms with Gasteiger partial charge in [-0.2, -0.15) is 0 Å². The predicted octanol–water partition coefficient (Wildman–Crippen LogP) is 5.68. The lowest BCUT2D eigenvalue weighted by Gasteiger charge is -2.34. The first kappa shape index (κ1) is 32.0. The van der Waals surface area contributed by atoms with E-state index in [1.807, 2.05) is 32.0 Å². The summed E-state index contributed by atoms with van der Waals surface area (Å²) in [6, 6.07) is 16.9. The van der Waals surface area contributed by atoms with Crippen molar-refractivity contribution in [2.45, 2.75) is 65.6 Å². The molecular weight excluding hydrogens is 534 g/mol. The van der Waals surface area contributed by atoms with E-state index < -0.39 is 35.6 Å². The third-order valence-corrected chi connectivity index (χ3v) is 6.75. The second kappa shape index (κ2) is 13.9. The molecule has 42 heavy (non-hydrogen) atoms. The van der Waals surface area contributed by atoms with E-state index in [4.69, 9.17) is 9.47 Å². The Morgan fingerprint density at radius 2 is 1.57 bits per heavy atom. The van der Waals surface area contributed by atoms with Gasteiger partial charge in [-0.1, -0.05) is 30.3 Å². The van der Waals surface area contributed by atoms with E-state index >= 15 is 0 Å². The third kappa shape index (κ3) is 8.73. The van der Waals surface area contributed by atoms with Crippen molar-refractivity contribution in [1.29, 1.82) is 0 Å². The fraction of sp³-hybridized carbons (Fsp3) is 0.364. The van der Waals surface area contributed by atoms with Crippen LogP contribution in [-0.4, -0.2) is 53.2 Å². The van der Waals surface area contributed by atoms with E-state index in [-0.39, 0.29) is 18.7 Å². The standard InChI is InChI=1S/C33H41N3O6/c1-8-36(31(39)28(35-32(40)42-33(4,5)6)20-23-10-15-26(37)16-11-23)29(24-12-9-21(2)22(3)19-24)30(38)34-25-13-17-27(41-7)18-14-25/h9-19,28-29,37H,8,20H2,1-7H3,(H,34,38)(H,35,40). The lowest BCUT2D eigenvalue weighted by atomic mass is 9.97. The number of carbonyl (C=O) groups is 3. The average Bonchev–Trinajstić information content (AvgIpc) is 2.93. The van der Waals surface area contributed by atoms with Crippen LogP contribution in [0.1, 0.15) is 56.0 Å². The molecule has 0 bridgehead atoms. The zero-order chi connectivity index (χ0) is 31.0. The maximum atomic E-state index is 14.3. The van der Waals surface area contributed by atoms with Gasteiger partial charge >= 0.3 is 6.09 Å². The molecule has 0 saturated carbocycles. The Kier molecular flexibility index (Phi) is 10.6. The van der Waals surface area contributed by atoms with Gasteiger partial charge in [-0.25, -0.2) is 4.79 Å². The number of carbonyl (C=O) groups excluding carboxylic acids is 3. The second-order valence-corrected chi connectivity index (χ2v) is 11.2. The van der Waals surface area contributed by atoms with Gasteiger partial charge < -0.3 is 30.1 Å². The van der Waals surface area contributed by atoms with Gasteiger partial charge in [0.2, 0.25) is 5.91 Å². The number of phenols is 1. The molecule has 2 atom stereocenters. The Morgan fingerprint density at radius 1 is 0.929 bits per heavy atom. The SMILES string of the molecule is CCN(C(=O)C(Cc1ccc(O)cc1)NC(=O)OC(C)(C)C)C(C(=O)Nc1ccc(OC)cc1)c1ccc(C)c(C)c1. The molecular formula is C33H41N3O6. The molecule has 0 heterocycles. The van der Waals surface area contributed by atoms with Crippen LogP contribution in [0.25, 0.3) is 0 Å². The number of aromatic hydroxyl groups is 1. The van der Waals surface area contributed by atoms with Crippen molar-refractivity contribution in [3.05, 3.63) is 89.0 Å². The summed E-state index contributed by atoms with van der Waals surface area (Å²) in [6.07, 6.45) is -0.629. The molecule has 0 saturated heterocycles. The number of nitrogens with one attached hydrogen (secondary N) is 2. The lowest BCUT2D eigenvalue weighted by Crippen LogP contribution is -2.53. The highest BCUT2D eigenvalue weighted by Crippen LogP contribution is 2.27. The van der Waals surface area contributed by atoms with Crippen LogP contribution in [0.15, 0.2) is 66.7 Å². The average molecular weight is 576 g/mol. The van der Waals surface area contributed by atoms with Crippen molar-refractivity contribution in [3.8, 4) is 11.5 Å².